The van der Waals surface area contributed by atoms with Crippen LogP contribution in [0.1, 0.15) is 47.1 Å². The van der Waals surface area contributed by atoms with E-state index >= 15 is 0 Å². The summed E-state index contributed by atoms with van der Waals surface area (Å²) >= 11 is 0. The molecule has 10 heteroatoms. The van der Waals surface area contributed by atoms with Crippen molar-refractivity contribution in [1.29, 1.82) is 0 Å². The fraction of sp³-hybridized carbons (Fsp3) is 0.269. The van der Waals surface area contributed by atoms with Crippen molar-refractivity contribution in [2.24, 2.45) is 5.92 Å². The summed E-state index contributed by atoms with van der Waals surface area (Å²) in [5, 5.41) is 6.60. The third kappa shape index (κ3) is 5.44. The Morgan fingerprint density at radius 2 is 1.94 bits per heavy atom. The molecular weight excluding hydrogens is 485 g/mol. The first-order valence-corrected chi connectivity index (χ1v) is 12.9. The number of sulfonamides is 1. The van der Waals surface area contributed by atoms with E-state index in [1.807, 2.05) is 0 Å². The maximum Gasteiger partial charge on any atom is 0.248 e. The molecule has 1 aliphatic rings. The molecule has 0 spiro atoms. The third-order valence-corrected chi connectivity index (χ3v) is 8.07. The van der Waals surface area contributed by atoms with E-state index in [-0.39, 0.29) is 46.7 Å². The van der Waals surface area contributed by atoms with Gasteiger partial charge in [0.2, 0.25) is 15.9 Å². The molecule has 3 aromatic rings. The number of carbonyl (C=O) groups excluding carboxylic acids is 2. The highest BCUT2D eigenvalue weighted by Gasteiger charge is 2.37. The Balaban J connectivity index is 1.53. The summed E-state index contributed by atoms with van der Waals surface area (Å²) in [7, 11) is -4.04. The first-order valence-electron chi connectivity index (χ1n) is 11.5. The van der Waals surface area contributed by atoms with Crippen molar-refractivity contribution in [3.63, 3.8) is 0 Å². The first-order chi connectivity index (χ1) is 17.2. The summed E-state index contributed by atoms with van der Waals surface area (Å²) in [6.45, 7) is 3.19. The summed E-state index contributed by atoms with van der Waals surface area (Å²) in [6, 6.07) is 12.7. The van der Waals surface area contributed by atoms with E-state index in [0.29, 0.717) is 24.1 Å². The normalized spacial score (nSPS) is 16.8. The van der Waals surface area contributed by atoms with E-state index in [9.17, 15) is 22.4 Å². The number of anilines is 1. The zero-order valence-electron chi connectivity index (χ0n) is 19.9. The highest BCUT2D eigenvalue weighted by molar-refractivity contribution is 7.89. The molecule has 1 N–H and O–H groups in total. The molecule has 4 rings (SSSR count). The number of aryl methyl sites for hydroxylation is 1. The van der Waals surface area contributed by atoms with Crippen LogP contribution in [0.3, 0.4) is 0 Å². The third-order valence-electron chi connectivity index (χ3n) is 6.04. The SMILES string of the molecule is CC(=O)c1cccc(NC(=O)C2CCCN(S(=O)(=O)c3c(C)noc3C=Cc3ccccc3F)C2)c1. The van der Waals surface area contributed by atoms with Gasteiger partial charge >= 0.3 is 0 Å². The predicted molar refractivity (Wildman–Crippen MR) is 133 cm³/mol. The number of hydrogen-bond acceptors (Lipinski definition) is 6. The monoisotopic (exact) mass is 511 g/mol. The summed E-state index contributed by atoms with van der Waals surface area (Å²) in [5.41, 5.74) is 1.40. The van der Waals surface area contributed by atoms with E-state index in [0.717, 1.165) is 0 Å². The molecule has 1 unspecified atom stereocenters. The number of amides is 1. The van der Waals surface area contributed by atoms with Crippen LogP contribution in [0.2, 0.25) is 0 Å². The number of halogens is 1. The lowest BCUT2D eigenvalue weighted by Gasteiger charge is -2.31. The Kier molecular flexibility index (Phi) is 7.46. The van der Waals surface area contributed by atoms with Gasteiger partial charge in [-0.2, -0.15) is 4.31 Å². The van der Waals surface area contributed by atoms with Gasteiger partial charge in [-0.05, 0) is 57.0 Å². The Morgan fingerprint density at radius 1 is 1.17 bits per heavy atom. The molecule has 188 valence electrons. The van der Waals surface area contributed by atoms with Crippen LogP contribution in [0, 0.1) is 18.7 Å². The quantitative estimate of drug-likeness (QED) is 0.467. The molecular formula is C26H26FN3O5S. The average molecular weight is 512 g/mol. The van der Waals surface area contributed by atoms with E-state index in [2.05, 4.69) is 10.5 Å². The second-order valence-corrected chi connectivity index (χ2v) is 10.5. The van der Waals surface area contributed by atoms with Crippen molar-refractivity contribution < 1.29 is 26.9 Å². The van der Waals surface area contributed by atoms with Gasteiger partial charge in [0.25, 0.3) is 0 Å². The molecule has 1 atom stereocenters. The van der Waals surface area contributed by atoms with Crippen molar-refractivity contribution in [1.82, 2.24) is 9.46 Å². The number of ketones is 1. The van der Waals surface area contributed by atoms with Gasteiger partial charge in [-0.3, -0.25) is 9.59 Å². The van der Waals surface area contributed by atoms with Crippen LogP contribution in [-0.4, -0.2) is 42.7 Å². The topological polar surface area (TPSA) is 110 Å². The highest BCUT2D eigenvalue weighted by atomic mass is 32.2. The van der Waals surface area contributed by atoms with Gasteiger partial charge in [-0.1, -0.05) is 35.5 Å². The van der Waals surface area contributed by atoms with E-state index < -0.39 is 21.8 Å². The summed E-state index contributed by atoms with van der Waals surface area (Å²) in [6.07, 6.45) is 3.82. The fourth-order valence-corrected chi connectivity index (χ4v) is 5.91. The zero-order valence-corrected chi connectivity index (χ0v) is 20.7. The number of piperidine rings is 1. The Morgan fingerprint density at radius 3 is 2.69 bits per heavy atom. The molecule has 1 aromatic heterocycles. The first kappa shape index (κ1) is 25.5. The van der Waals surface area contributed by atoms with Crippen molar-refractivity contribution in [3.05, 3.63) is 76.9 Å². The maximum absolute atomic E-state index is 14.0. The van der Waals surface area contributed by atoms with E-state index in [1.165, 1.54) is 36.4 Å². The van der Waals surface area contributed by atoms with Crippen molar-refractivity contribution in [2.45, 2.75) is 31.6 Å². The Bertz CT molecular complexity index is 1430. The molecule has 0 saturated carbocycles. The van der Waals surface area contributed by atoms with E-state index in [1.54, 1.807) is 42.5 Å². The van der Waals surface area contributed by atoms with Crippen LogP contribution < -0.4 is 5.32 Å². The number of Topliss-reactive ketones (excluding diaryl/α,β-unsaturated/α-hetero) is 1. The minimum absolute atomic E-state index is 0.0108. The van der Waals surface area contributed by atoms with Gasteiger partial charge < -0.3 is 9.84 Å². The minimum atomic E-state index is -4.04. The molecule has 2 aromatic carbocycles. The number of rotatable bonds is 7. The van der Waals surface area contributed by atoms with Crippen LogP contribution in [0.25, 0.3) is 12.2 Å². The lowest BCUT2D eigenvalue weighted by Crippen LogP contribution is -2.43. The van der Waals surface area contributed by atoms with Crippen molar-refractivity contribution in [3.8, 4) is 0 Å². The fourth-order valence-electron chi connectivity index (χ4n) is 4.14. The molecule has 1 fully saturated rings. The van der Waals surface area contributed by atoms with E-state index in [4.69, 9.17) is 4.52 Å². The Labute approximate surface area is 208 Å². The van der Waals surface area contributed by atoms with Crippen molar-refractivity contribution >= 4 is 39.6 Å². The Hall–Kier alpha value is -3.63. The average Bonchev–Trinajstić information content (AvgIpc) is 3.24. The molecule has 0 radical (unpaired) electrons. The predicted octanol–water partition coefficient (Wildman–Crippen LogP) is 4.53. The summed E-state index contributed by atoms with van der Waals surface area (Å²) < 4.78 is 47.6. The molecule has 8 nitrogen and oxygen atoms in total. The number of nitrogens with one attached hydrogen (secondary N) is 1. The van der Waals surface area contributed by atoms with Gasteiger partial charge in [-0.25, -0.2) is 12.8 Å². The van der Waals surface area contributed by atoms with Gasteiger partial charge in [0.1, 0.15) is 11.5 Å². The van der Waals surface area contributed by atoms with Crippen molar-refractivity contribution in [2.75, 3.05) is 18.4 Å². The molecule has 1 saturated heterocycles. The largest absolute Gasteiger partial charge is 0.355 e. The number of aromatic nitrogens is 1. The smallest absolute Gasteiger partial charge is 0.248 e. The molecule has 36 heavy (non-hydrogen) atoms. The maximum atomic E-state index is 14.0. The number of nitrogens with zero attached hydrogens (tertiary/aromatic N) is 2. The second kappa shape index (κ2) is 10.5. The van der Waals surface area contributed by atoms with Crippen LogP contribution in [0.15, 0.2) is 57.9 Å². The van der Waals surface area contributed by atoms with Crippen LogP contribution in [0.5, 0.6) is 0 Å². The van der Waals surface area contributed by atoms with Gasteiger partial charge in [0, 0.05) is 29.9 Å². The highest BCUT2D eigenvalue weighted by Crippen LogP contribution is 2.30. The zero-order chi connectivity index (χ0) is 25.9. The number of hydrogen-bond donors (Lipinski definition) is 1. The van der Waals surface area contributed by atoms with Gasteiger partial charge in [0.15, 0.2) is 16.4 Å². The number of benzene rings is 2. The van der Waals surface area contributed by atoms with Crippen LogP contribution >= 0.6 is 0 Å². The lowest BCUT2D eigenvalue weighted by molar-refractivity contribution is -0.120. The number of carbonyl (C=O) groups is 2. The molecule has 0 aliphatic carbocycles. The molecule has 1 amide bonds. The lowest BCUT2D eigenvalue weighted by atomic mass is 9.98. The second-order valence-electron chi connectivity index (χ2n) is 8.64. The molecule has 0 bridgehead atoms. The summed E-state index contributed by atoms with van der Waals surface area (Å²) in [4.78, 5) is 24.5. The standard InChI is InChI=1S/C26H26FN3O5S/c1-17-25(24(35-29-17)13-12-19-7-3-4-11-23(19)27)36(33,34)30-14-6-9-21(16-30)26(32)28-22-10-5-8-20(15-22)18(2)31/h3-5,7-8,10-13,15,21H,6,9,14,16H2,1-2H3,(H,28,32). The van der Waals surface area contributed by atoms with Crippen LogP contribution in [0.4, 0.5) is 10.1 Å². The minimum Gasteiger partial charge on any atom is -0.355 e. The van der Waals surface area contributed by atoms with Gasteiger partial charge in [-0.15, -0.1) is 0 Å². The summed E-state index contributed by atoms with van der Waals surface area (Å²) in [5.74, 6) is -1.48. The van der Waals surface area contributed by atoms with Gasteiger partial charge in [0.05, 0.1) is 5.92 Å². The molecule has 2 heterocycles. The molecule has 1 aliphatic heterocycles. The van der Waals surface area contributed by atoms with Crippen LogP contribution in [-0.2, 0) is 14.8 Å².